The first-order valence-electron chi connectivity index (χ1n) is 5.76. The summed E-state index contributed by atoms with van der Waals surface area (Å²) >= 11 is 3.43. The number of halogens is 1. The van der Waals surface area contributed by atoms with E-state index in [1.54, 1.807) is 0 Å². The third-order valence-electron chi connectivity index (χ3n) is 2.68. The first-order chi connectivity index (χ1) is 6.93. The second kappa shape index (κ2) is 7.26. The minimum Gasteiger partial charge on any atom is -0.355 e. The third-order valence-corrected chi connectivity index (χ3v) is 3.08. The highest BCUT2D eigenvalue weighted by atomic mass is 79.9. The summed E-state index contributed by atoms with van der Waals surface area (Å²) in [6.45, 7) is 9.23. The molecule has 0 saturated carbocycles. The summed E-state index contributed by atoms with van der Waals surface area (Å²) in [7, 11) is 0. The van der Waals surface area contributed by atoms with Gasteiger partial charge in [0.2, 0.25) is 5.91 Å². The molecular formula is C12H24BrNO. The molecule has 0 spiro atoms. The quantitative estimate of drug-likeness (QED) is 0.711. The molecule has 0 aliphatic carbocycles. The van der Waals surface area contributed by atoms with Crippen molar-refractivity contribution in [3.8, 4) is 0 Å². The van der Waals surface area contributed by atoms with Crippen molar-refractivity contribution in [3.63, 3.8) is 0 Å². The van der Waals surface area contributed by atoms with Gasteiger partial charge in [0.15, 0.2) is 0 Å². The zero-order valence-corrected chi connectivity index (χ0v) is 12.0. The van der Waals surface area contributed by atoms with Crippen LogP contribution in [0.1, 0.15) is 47.0 Å². The Hall–Kier alpha value is -0.0500. The molecule has 0 aromatic rings. The van der Waals surface area contributed by atoms with Crippen molar-refractivity contribution < 1.29 is 4.79 Å². The molecule has 90 valence electrons. The molecule has 0 aliphatic rings. The van der Waals surface area contributed by atoms with E-state index in [1.165, 1.54) is 0 Å². The van der Waals surface area contributed by atoms with Crippen LogP contribution in [-0.4, -0.2) is 17.8 Å². The zero-order chi connectivity index (χ0) is 11.9. The van der Waals surface area contributed by atoms with Crippen LogP contribution in [0.25, 0.3) is 0 Å². The summed E-state index contributed by atoms with van der Waals surface area (Å²) in [6.07, 6.45) is 3.12. The number of amides is 1. The van der Waals surface area contributed by atoms with Gasteiger partial charge in [-0.1, -0.05) is 50.0 Å². The summed E-state index contributed by atoms with van der Waals surface area (Å²) in [5.74, 6) is 0.342. The number of alkyl halides is 1. The highest BCUT2D eigenvalue weighted by molar-refractivity contribution is 9.09. The van der Waals surface area contributed by atoms with E-state index in [-0.39, 0.29) is 17.2 Å². The molecule has 0 bridgehead atoms. The number of carbonyl (C=O) groups is 1. The van der Waals surface area contributed by atoms with Crippen LogP contribution >= 0.6 is 15.9 Å². The van der Waals surface area contributed by atoms with E-state index in [0.29, 0.717) is 0 Å². The Labute approximate surface area is 102 Å². The SMILES string of the molecule is CCCC(C)C(=O)NCC(C)(C)CCBr. The third kappa shape index (κ3) is 6.93. The fourth-order valence-electron chi connectivity index (χ4n) is 1.41. The number of hydrogen-bond acceptors (Lipinski definition) is 1. The molecule has 1 N–H and O–H groups in total. The van der Waals surface area contributed by atoms with Crippen LogP contribution in [0.4, 0.5) is 0 Å². The van der Waals surface area contributed by atoms with Crippen molar-refractivity contribution in [3.05, 3.63) is 0 Å². The van der Waals surface area contributed by atoms with Gasteiger partial charge in [0.1, 0.15) is 0 Å². The number of rotatable bonds is 7. The highest BCUT2D eigenvalue weighted by Gasteiger charge is 2.19. The van der Waals surface area contributed by atoms with Crippen LogP contribution in [0.2, 0.25) is 0 Å². The molecule has 2 nitrogen and oxygen atoms in total. The molecule has 15 heavy (non-hydrogen) atoms. The fourth-order valence-corrected chi connectivity index (χ4v) is 2.48. The van der Waals surface area contributed by atoms with Crippen molar-refractivity contribution >= 4 is 21.8 Å². The van der Waals surface area contributed by atoms with Gasteiger partial charge in [-0.3, -0.25) is 4.79 Å². The molecule has 0 aromatic heterocycles. The zero-order valence-electron chi connectivity index (χ0n) is 10.4. The molecule has 0 fully saturated rings. The number of carbonyl (C=O) groups excluding carboxylic acids is 1. The van der Waals surface area contributed by atoms with Crippen LogP contribution in [0.3, 0.4) is 0 Å². The van der Waals surface area contributed by atoms with E-state index in [4.69, 9.17) is 0 Å². The van der Waals surface area contributed by atoms with Crippen LogP contribution in [0.15, 0.2) is 0 Å². The smallest absolute Gasteiger partial charge is 0.222 e. The predicted molar refractivity (Wildman–Crippen MR) is 69.3 cm³/mol. The summed E-state index contributed by atoms with van der Waals surface area (Å²) in [5.41, 5.74) is 0.186. The average Bonchev–Trinajstić information content (AvgIpc) is 2.14. The molecule has 0 aromatic carbocycles. The van der Waals surface area contributed by atoms with E-state index in [0.717, 1.165) is 31.1 Å². The summed E-state index contributed by atoms with van der Waals surface area (Å²) < 4.78 is 0. The van der Waals surface area contributed by atoms with Crippen molar-refractivity contribution in [1.82, 2.24) is 5.32 Å². The van der Waals surface area contributed by atoms with Gasteiger partial charge in [0.05, 0.1) is 0 Å². The molecule has 0 rings (SSSR count). The van der Waals surface area contributed by atoms with Gasteiger partial charge in [-0.15, -0.1) is 0 Å². The van der Waals surface area contributed by atoms with Gasteiger partial charge in [0, 0.05) is 17.8 Å². The lowest BCUT2D eigenvalue weighted by molar-refractivity contribution is -0.125. The minimum absolute atomic E-state index is 0.148. The average molecular weight is 278 g/mol. The van der Waals surface area contributed by atoms with Crippen LogP contribution in [0.5, 0.6) is 0 Å². The molecular weight excluding hydrogens is 254 g/mol. The largest absolute Gasteiger partial charge is 0.355 e. The van der Waals surface area contributed by atoms with E-state index >= 15 is 0 Å². The Bertz CT molecular complexity index is 192. The first-order valence-corrected chi connectivity index (χ1v) is 6.88. The second-order valence-electron chi connectivity index (χ2n) is 5.01. The normalized spacial score (nSPS) is 13.7. The van der Waals surface area contributed by atoms with Crippen molar-refractivity contribution in [2.45, 2.75) is 47.0 Å². The Morgan fingerprint density at radius 3 is 2.53 bits per heavy atom. The Balaban J connectivity index is 3.88. The van der Waals surface area contributed by atoms with E-state index in [9.17, 15) is 4.79 Å². The molecule has 0 aliphatic heterocycles. The van der Waals surface area contributed by atoms with Crippen molar-refractivity contribution in [2.24, 2.45) is 11.3 Å². The molecule has 0 heterocycles. The van der Waals surface area contributed by atoms with Gasteiger partial charge in [0.25, 0.3) is 0 Å². The predicted octanol–water partition coefficient (Wildman–Crippen LogP) is 3.35. The first kappa shape index (κ1) is 14.9. The summed E-state index contributed by atoms with van der Waals surface area (Å²) in [4.78, 5) is 11.7. The van der Waals surface area contributed by atoms with Gasteiger partial charge in [-0.2, -0.15) is 0 Å². The maximum absolute atomic E-state index is 11.7. The van der Waals surface area contributed by atoms with Gasteiger partial charge < -0.3 is 5.32 Å². The summed E-state index contributed by atoms with van der Waals surface area (Å²) in [6, 6.07) is 0. The molecule has 1 atom stereocenters. The highest BCUT2D eigenvalue weighted by Crippen LogP contribution is 2.20. The Morgan fingerprint density at radius 1 is 1.47 bits per heavy atom. The second-order valence-corrected chi connectivity index (χ2v) is 5.80. The molecule has 3 heteroatoms. The molecule has 0 radical (unpaired) electrons. The molecule has 1 unspecified atom stereocenters. The van der Waals surface area contributed by atoms with Crippen LogP contribution in [-0.2, 0) is 4.79 Å². The van der Waals surface area contributed by atoms with E-state index < -0.39 is 0 Å². The fraction of sp³-hybridized carbons (Fsp3) is 0.917. The minimum atomic E-state index is 0.148. The van der Waals surface area contributed by atoms with Crippen LogP contribution in [0, 0.1) is 11.3 Å². The Kier molecular flexibility index (Phi) is 7.24. The molecule has 1 amide bonds. The maximum atomic E-state index is 11.7. The monoisotopic (exact) mass is 277 g/mol. The Morgan fingerprint density at radius 2 is 2.07 bits per heavy atom. The van der Waals surface area contributed by atoms with Gasteiger partial charge >= 0.3 is 0 Å². The van der Waals surface area contributed by atoms with E-state index in [1.807, 2.05) is 6.92 Å². The standard InChI is InChI=1S/C12H24BrNO/c1-5-6-10(2)11(15)14-9-12(3,4)7-8-13/h10H,5-9H2,1-4H3,(H,14,15). The van der Waals surface area contributed by atoms with Crippen molar-refractivity contribution in [1.29, 1.82) is 0 Å². The summed E-state index contributed by atoms with van der Waals surface area (Å²) in [5, 5.41) is 4.02. The molecule has 0 saturated heterocycles. The topological polar surface area (TPSA) is 29.1 Å². The lowest BCUT2D eigenvalue weighted by Gasteiger charge is -2.24. The van der Waals surface area contributed by atoms with Gasteiger partial charge in [-0.05, 0) is 18.3 Å². The lowest BCUT2D eigenvalue weighted by Crippen LogP contribution is -2.37. The number of nitrogens with one attached hydrogen (secondary N) is 1. The van der Waals surface area contributed by atoms with Crippen molar-refractivity contribution in [2.75, 3.05) is 11.9 Å². The van der Waals surface area contributed by atoms with Crippen LogP contribution < -0.4 is 5.32 Å². The van der Waals surface area contributed by atoms with Gasteiger partial charge in [-0.25, -0.2) is 0 Å². The number of hydrogen-bond donors (Lipinski definition) is 1. The lowest BCUT2D eigenvalue weighted by atomic mass is 9.90. The van der Waals surface area contributed by atoms with E-state index in [2.05, 4.69) is 42.0 Å². The maximum Gasteiger partial charge on any atom is 0.222 e.